The summed E-state index contributed by atoms with van der Waals surface area (Å²) in [5, 5.41) is 3.09. The first-order valence-electron chi connectivity index (χ1n) is 3.47. The number of allylic oxidation sites excluding steroid dienone is 5. The van der Waals surface area contributed by atoms with Gasteiger partial charge in [-0.25, -0.2) is 0 Å². The highest BCUT2D eigenvalue weighted by atomic mass is 14.9. The fourth-order valence-corrected chi connectivity index (χ4v) is 0.903. The molecular formula is C10H11N. The van der Waals surface area contributed by atoms with E-state index in [0.717, 1.165) is 11.3 Å². The van der Waals surface area contributed by atoms with Gasteiger partial charge in [-0.1, -0.05) is 31.4 Å². The minimum absolute atomic E-state index is 1.04. The van der Waals surface area contributed by atoms with Crippen LogP contribution < -0.4 is 5.32 Å². The van der Waals surface area contributed by atoms with Crippen LogP contribution in [0.15, 0.2) is 61.0 Å². The van der Waals surface area contributed by atoms with Crippen LogP contribution in [0.2, 0.25) is 0 Å². The lowest BCUT2D eigenvalue weighted by atomic mass is 10.1. The molecule has 0 spiro atoms. The second kappa shape index (κ2) is 3.62. The Kier molecular flexibility index (Phi) is 2.50. The van der Waals surface area contributed by atoms with Crippen molar-refractivity contribution in [2.24, 2.45) is 0 Å². The Morgan fingerprint density at radius 1 is 1.36 bits per heavy atom. The molecule has 1 rings (SSSR count). The van der Waals surface area contributed by atoms with Crippen molar-refractivity contribution < 1.29 is 0 Å². The van der Waals surface area contributed by atoms with Crippen LogP contribution in [0.1, 0.15) is 0 Å². The van der Waals surface area contributed by atoms with E-state index in [2.05, 4.69) is 18.5 Å². The molecule has 1 aliphatic rings. The Hall–Kier alpha value is -1.50. The van der Waals surface area contributed by atoms with Crippen LogP contribution in [0.3, 0.4) is 0 Å². The van der Waals surface area contributed by atoms with E-state index in [1.807, 2.05) is 30.5 Å². The topological polar surface area (TPSA) is 12.0 Å². The van der Waals surface area contributed by atoms with E-state index in [1.54, 1.807) is 6.08 Å². The lowest BCUT2D eigenvalue weighted by Crippen LogP contribution is -2.08. The zero-order valence-electron chi connectivity index (χ0n) is 6.38. The molecule has 1 heterocycles. The van der Waals surface area contributed by atoms with Gasteiger partial charge in [-0.2, -0.15) is 0 Å². The summed E-state index contributed by atoms with van der Waals surface area (Å²) in [6, 6.07) is 0. The minimum atomic E-state index is 1.04. The third-order valence-electron chi connectivity index (χ3n) is 1.43. The first kappa shape index (κ1) is 7.61. The summed E-state index contributed by atoms with van der Waals surface area (Å²) in [7, 11) is 0. The molecule has 0 atom stereocenters. The molecule has 1 N–H and O–H groups in total. The van der Waals surface area contributed by atoms with Crippen molar-refractivity contribution in [3.05, 3.63) is 61.0 Å². The largest absolute Gasteiger partial charge is 0.361 e. The first-order valence-corrected chi connectivity index (χ1v) is 3.47. The molecule has 0 amide bonds. The molecule has 0 bridgehead atoms. The van der Waals surface area contributed by atoms with Gasteiger partial charge in [-0.05, 0) is 17.7 Å². The molecule has 0 radical (unpaired) electrons. The predicted octanol–water partition coefficient (Wildman–Crippen LogP) is 2.29. The molecule has 0 fully saturated rings. The standard InChI is InChI=1S/C10H11N/c1-3-6-10-9(4-2)7-5-8-11-10/h3-8,11H,1-2H2/b10-6-. The van der Waals surface area contributed by atoms with Gasteiger partial charge < -0.3 is 5.32 Å². The molecule has 1 aliphatic heterocycles. The maximum atomic E-state index is 3.70. The Labute approximate surface area is 67.1 Å². The van der Waals surface area contributed by atoms with Crippen LogP contribution in [0.25, 0.3) is 0 Å². The average Bonchev–Trinajstić information content (AvgIpc) is 2.06. The highest BCUT2D eigenvalue weighted by Gasteiger charge is 1.99. The number of dihydropyridines is 1. The van der Waals surface area contributed by atoms with Gasteiger partial charge in [0.25, 0.3) is 0 Å². The monoisotopic (exact) mass is 145 g/mol. The van der Waals surface area contributed by atoms with Gasteiger partial charge in [0.2, 0.25) is 0 Å². The summed E-state index contributed by atoms with van der Waals surface area (Å²) in [6.45, 7) is 7.32. The zero-order valence-corrected chi connectivity index (χ0v) is 6.38. The second-order valence-electron chi connectivity index (χ2n) is 2.15. The van der Waals surface area contributed by atoms with Crippen LogP contribution in [0, 0.1) is 0 Å². The summed E-state index contributed by atoms with van der Waals surface area (Å²) in [5.74, 6) is 0. The van der Waals surface area contributed by atoms with Crippen molar-refractivity contribution >= 4 is 0 Å². The van der Waals surface area contributed by atoms with Crippen molar-refractivity contribution in [1.82, 2.24) is 5.32 Å². The van der Waals surface area contributed by atoms with Crippen molar-refractivity contribution in [3.63, 3.8) is 0 Å². The van der Waals surface area contributed by atoms with Crippen LogP contribution >= 0.6 is 0 Å². The maximum absolute atomic E-state index is 3.70. The van der Waals surface area contributed by atoms with E-state index in [1.165, 1.54) is 0 Å². The Morgan fingerprint density at radius 2 is 2.18 bits per heavy atom. The molecule has 56 valence electrons. The van der Waals surface area contributed by atoms with Crippen LogP contribution in [-0.4, -0.2) is 0 Å². The van der Waals surface area contributed by atoms with E-state index >= 15 is 0 Å². The summed E-state index contributed by atoms with van der Waals surface area (Å²) in [6.07, 6.45) is 11.3. The number of hydrogen-bond donors (Lipinski definition) is 1. The van der Waals surface area contributed by atoms with E-state index in [9.17, 15) is 0 Å². The fraction of sp³-hybridized carbons (Fsp3) is 0. The molecule has 0 aromatic rings. The van der Waals surface area contributed by atoms with Crippen LogP contribution in [-0.2, 0) is 0 Å². The fourth-order valence-electron chi connectivity index (χ4n) is 0.903. The lowest BCUT2D eigenvalue weighted by molar-refractivity contribution is 1.07. The van der Waals surface area contributed by atoms with Crippen LogP contribution in [0.4, 0.5) is 0 Å². The van der Waals surface area contributed by atoms with Gasteiger partial charge >= 0.3 is 0 Å². The van der Waals surface area contributed by atoms with Crippen molar-refractivity contribution in [2.45, 2.75) is 0 Å². The van der Waals surface area contributed by atoms with Crippen molar-refractivity contribution in [1.29, 1.82) is 0 Å². The first-order chi connectivity index (χ1) is 5.38. The van der Waals surface area contributed by atoms with Crippen molar-refractivity contribution in [3.8, 4) is 0 Å². The van der Waals surface area contributed by atoms with E-state index in [-0.39, 0.29) is 0 Å². The Morgan fingerprint density at radius 3 is 2.82 bits per heavy atom. The molecule has 0 saturated heterocycles. The Balaban J connectivity index is 2.92. The van der Waals surface area contributed by atoms with Gasteiger partial charge in [0, 0.05) is 11.9 Å². The molecule has 0 aromatic carbocycles. The number of hydrogen-bond acceptors (Lipinski definition) is 1. The van der Waals surface area contributed by atoms with E-state index in [0.29, 0.717) is 0 Å². The Bertz CT molecular complexity index is 254. The third kappa shape index (κ3) is 1.71. The lowest BCUT2D eigenvalue weighted by Gasteiger charge is -2.10. The highest BCUT2D eigenvalue weighted by molar-refractivity contribution is 5.44. The minimum Gasteiger partial charge on any atom is -0.361 e. The average molecular weight is 145 g/mol. The zero-order chi connectivity index (χ0) is 8.10. The van der Waals surface area contributed by atoms with Crippen molar-refractivity contribution in [2.75, 3.05) is 0 Å². The molecule has 1 heteroatoms. The summed E-state index contributed by atoms with van der Waals surface area (Å²) in [4.78, 5) is 0. The van der Waals surface area contributed by atoms with Gasteiger partial charge in [0.15, 0.2) is 0 Å². The third-order valence-corrected chi connectivity index (χ3v) is 1.43. The van der Waals surface area contributed by atoms with Gasteiger partial charge in [0.1, 0.15) is 0 Å². The second-order valence-corrected chi connectivity index (χ2v) is 2.15. The summed E-state index contributed by atoms with van der Waals surface area (Å²) < 4.78 is 0. The van der Waals surface area contributed by atoms with Gasteiger partial charge in [-0.3, -0.25) is 0 Å². The SMILES string of the molecule is C=C/C=C1\NC=CC=C1C=C. The number of rotatable bonds is 2. The maximum Gasteiger partial charge on any atom is 0.0452 e. The summed E-state index contributed by atoms with van der Waals surface area (Å²) in [5.41, 5.74) is 2.13. The van der Waals surface area contributed by atoms with Crippen LogP contribution in [0.5, 0.6) is 0 Å². The molecule has 0 aliphatic carbocycles. The molecule has 0 unspecified atom stereocenters. The normalized spacial score (nSPS) is 18.9. The quantitative estimate of drug-likeness (QED) is 0.628. The molecule has 0 saturated carbocycles. The molecule has 11 heavy (non-hydrogen) atoms. The smallest absolute Gasteiger partial charge is 0.0452 e. The summed E-state index contributed by atoms with van der Waals surface area (Å²) >= 11 is 0. The predicted molar refractivity (Wildman–Crippen MR) is 48.8 cm³/mol. The molecule has 0 aromatic heterocycles. The molecule has 1 nitrogen and oxygen atoms in total. The molecular weight excluding hydrogens is 134 g/mol. The van der Waals surface area contributed by atoms with E-state index in [4.69, 9.17) is 0 Å². The number of nitrogens with one attached hydrogen (secondary N) is 1. The van der Waals surface area contributed by atoms with E-state index < -0.39 is 0 Å². The van der Waals surface area contributed by atoms with Gasteiger partial charge in [0.05, 0.1) is 0 Å². The van der Waals surface area contributed by atoms with Gasteiger partial charge in [-0.15, -0.1) is 0 Å². The highest BCUT2D eigenvalue weighted by Crippen LogP contribution is 2.11.